The third-order valence-corrected chi connectivity index (χ3v) is 3.56. The van der Waals surface area contributed by atoms with E-state index in [2.05, 4.69) is 20.8 Å². The molecule has 0 bridgehead atoms. The monoisotopic (exact) mass is 198 g/mol. The topological polar surface area (TPSA) is 20.2 Å². The number of aliphatic hydroxyl groups is 1. The lowest BCUT2D eigenvalue weighted by molar-refractivity contribution is 0.0605. The van der Waals surface area contributed by atoms with E-state index in [4.69, 9.17) is 0 Å². The summed E-state index contributed by atoms with van der Waals surface area (Å²) >= 11 is 0. The fraction of sp³-hybridized carbons (Fsp3) is 1.00. The highest BCUT2D eigenvalue weighted by Crippen LogP contribution is 2.32. The molecule has 1 rings (SSSR count). The second-order valence-corrected chi connectivity index (χ2v) is 5.57. The summed E-state index contributed by atoms with van der Waals surface area (Å²) in [6, 6.07) is 0. The molecule has 3 unspecified atom stereocenters. The predicted octanol–water partition coefficient (Wildman–Crippen LogP) is 3.61. The summed E-state index contributed by atoms with van der Waals surface area (Å²) in [5.74, 6) is 2.16. The minimum absolute atomic E-state index is 0.0276. The lowest BCUT2D eigenvalue weighted by Crippen LogP contribution is -2.26. The number of rotatable bonds is 4. The first kappa shape index (κ1) is 12.0. The number of hydrogen-bond donors (Lipinski definition) is 1. The van der Waals surface area contributed by atoms with Gasteiger partial charge in [-0.2, -0.15) is 0 Å². The van der Waals surface area contributed by atoms with E-state index in [1.54, 1.807) is 0 Å². The van der Waals surface area contributed by atoms with Gasteiger partial charge in [-0.25, -0.2) is 0 Å². The van der Waals surface area contributed by atoms with Crippen molar-refractivity contribution in [3.63, 3.8) is 0 Å². The predicted molar refractivity (Wildman–Crippen MR) is 61.2 cm³/mol. The molecule has 0 aromatic heterocycles. The van der Waals surface area contributed by atoms with Crippen LogP contribution < -0.4 is 0 Å². The lowest BCUT2D eigenvalue weighted by atomic mass is 9.78. The molecular formula is C13H26O. The zero-order valence-electron chi connectivity index (χ0n) is 10.00. The summed E-state index contributed by atoms with van der Waals surface area (Å²) in [5.41, 5.74) is 0. The van der Waals surface area contributed by atoms with Crippen molar-refractivity contribution in [3.05, 3.63) is 0 Å². The van der Waals surface area contributed by atoms with Crippen LogP contribution in [0.15, 0.2) is 0 Å². The van der Waals surface area contributed by atoms with Gasteiger partial charge in [0.1, 0.15) is 0 Å². The molecule has 0 aliphatic heterocycles. The van der Waals surface area contributed by atoms with Gasteiger partial charge < -0.3 is 5.11 Å². The van der Waals surface area contributed by atoms with Crippen LogP contribution in [0.2, 0.25) is 0 Å². The van der Waals surface area contributed by atoms with Crippen molar-refractivity contribution in [1.29, 1.82) is 0 Å². The van der Waals surface area contributed by atoms with Gasteiger partial charge in [-0.15, -0.1) is 0 Å². The summed E-state index contributed by atoms with van der Waals surface area (Å²) < 4.78 is 0. The Morgan fingerprint density at radius 1 is 1.21 bits per heavy atom. The van der Waals surface area contributed by atoms with E-state index < -0.39 is 0 Å². The third kappa shape index (κ3) is 4.00. The third-order valence-electron chi connectivity index (χ3n) is 3.56. The molecule has 1 saturated carbocycles. The van der Waals surface area contributed by atoms with E-state index in [-0.39, 0.29) is 6.10 Å². The van der Waals surface area contributed by atoms with Crippen molar-refractivity contribution in [3.8, 4) is 0 Å². The van der Waals surface area contributed by atoms with Gasteiger partial charge in [-0.05, 0) is 43.4 Å². The van der Waals surface area contributed by atoms with Crippen molar-refractivity contribution in [2.45, 2.75) is 65.4 Å². The average molecular weight is 198 g/mol. The van der Waals surface area contributed by atoms with Gasteiger partial charge >= 0.3 is 0 Å². The molecule has 1 aliphatic carbocycles. The Kier molecular flexibility index (Phi) is 4.94. The van der Waals surface area contributed by atoms with Crippen LogP contribution >= 0.6 is 0 Å². The Hall–Kier alpha value is -0.0400. The smallest absolute Gasteiger partial charge is 0.0568 e. The highest BCUT2D eigenvalue weighted by Gasteiger charge is 2.24. The summed E-state index contributed by atoms with van der Waals surface area (Å²) in [7, 11) is 0. The van der Waals surface area contributed by atoms with Gasteiger partial charge in [0.25, 0.3) is 0 Å². The molecule has 84 valence electrons. The Labute approximate surface area is 88.9 Å². The molecule has 1 fully saturated rings. The van der Waals surface area contributed by atoms with Crippen LogP contribution in [0, 0.1) is 17.8 Å². The maximum absolute atomic E-state index is 10.0. The Bertz CT molecular complexity index is 153. The summed E-state index contributed by atoms with van der Waals surface area (Å²) in [5, 5.41) is 10.0. The molecule has 3 atom stereocenters. The second kappa shape index (κ2) is 5.75. The van der Waals surface area contributed by atoms with Gasteiger partial charge in [0.15, 0.2) is 0 Å². The maximum Gasteiger partial charge on any atom is 0.0568 e. The average Bonchev–Trinajstić information content (AvgIpc) is 2.14. The molecule has 0 saturated heterocycles. The molecule has 1 N–H and O–H groups in total. The minimum Gasteiger partial charge on any atom is -0.393 e. The van der Waals surface area contributed by atoms with Gasteiger partial charge in [0.05, 0.1) is 6.10 Å². The molecule has 0 heterocycles. The Morgan fingerprint density at radius 3 is 2.50 bits per heavy atom. The molecule has 0 radical (unpaired) electrons. The van der Waals surface area contributed by atoms with Crippen molar-refractivity contribution in [2.75, 3.05) is 0 Å². The Balaban J connectivity index is 2.25. The summed E-state index contributed by atoms with van der Waals surface area (Å²) in [6.07, 6.45) is 7.35. The van der Waals surface area contributed by atoms with Crippen LogP contribution in [0.4, 0.5) is 0 Å². The van der Waals surface area contributed by atoms with E-state index in [0.29, 0.717) is 5.92 Å². The maximum atomic E-state index is 10.0. The molecule has 1 heteroatoms. The number of aliphatic hydroxyl groups excluding tert-OH is 1. The zero-order valence-corrected chi connectivity index (χ0v) is 10.00. The first-order valence-corrected chi connectivity index (χ1v) is 6.27. The highest BCUT2D eigenvalue weighted by atomic mass is 16.3. The molecule has 0 aromatic rings. The van der Waals surface area contributed by atoms with Crippen molar-refractivity contribution >= 4 is 0 Å². The molecule has 1 aliphatic rings. The molecule has 1 nitrogen and oxygen atoms in total. The van der Waals surface area contributed by atoms with Gasteiger partial charge in [-0.1, -0.05) is 33.6 Å². The summed E-state index contributed by atoms with van der Waals surface area (Å²) in [6.45, 7) is 6.79. The Morgan fingerprint density at radius 2 is 1.93 bits per heavy atom. The van der Waals surface area contributed by atoms with E-state index in [1.807, 2.05) is 0 Å². The fourth-order valence-corrected chi connectivity index (χ4v) is 2.57. The molecule has 0 spiro atoms. The van der Waals surface area contributed by atoms with Gasteiger partial charge in [-0.3, -0.25) is 0 Å². The lowest BCUT2D eigenvalue weighted by Gasteiger charge is -2.30. The summed E-state index contributed by atoms with van der Waals surface area (Å²) in [4.78, 5) is 0. The highest BCUT2D eigenvalue weighted by molar-refractivity contribution is 4.76. The van der Waals surface area contributed by atoms with E-state index in [9.17, 15) is 5.11 Å². The van der Waals surface area contributed by atoms with Crippen LogP contribution in [-0.2, 0) is 0 Å². The quantitative estimate of drug-likeness (QED) is 0.731. The van der Waals surface area contributed by atoms with E-state index >= 15 is 0 Å². The molecule has 0 amide bonds. The van der Waals surface area contributed by atoms with Crippen molar-refractivity contribution in [1.82, 2.24) is 0 Å². The molecule has 0 aromatic carbocycles. The van der Waals surface area contributed by atoms with E-state index in [1.165, 1.54) is 32.1 Å². The molecule has 14 heavy (non-hydrogen) atoms. The van der Waals surface area contributed by atoms with Crippen LogP contribution in [0.1, 0.15) is 59.3 Å². The standard InChI is InChI=1S/C13H26O/c1-10(2)7-8-13(14)12-6-4-5-11(3)9-12/h10-14H,4-9H2,1-3H3. The zero-order chi connectivity index (χ0) is 10.6. The normalized spacial score (nSPS) is 30.6. The van der Waals surface area contributed by atoms with Gasteiger partial charge in [0.2, 0.25) is 0 Å². The van der Waals surface area contributed by atoms with Crippen LogP contribution in [0.5, 0.6) is 0 Å². The first-order chi connectivity index (χ1) is 6.59. The van der Waals surface area contributed by atoms with Crippen molar-refractivity contribution < 1.29 is 5.11 Å². The van der Waals surface area contributed by atoms with E-state index in [0.717, 1.165) is 18.3 Å². The number of hydrogen-bond acceptors (Lipinski definition) is 1. The largest absolute Gasteiger partial charge is 0.393 e. The van der Waals surface area contributed by atoms with Gasteiger partial charge in [0, 0.05) is 0 Å². The van der Waals surface area contributed by atoms with Crippen LogP contribution in [-0.4, -0.2) is 11.2 Å². The first-order valence-electron chi connectivity index (χ1n) is 6.27. The van der Waals surface area contributed by atoms with Crippen molar-refractivity contribution in [2.24, 2.45) is 17.8 Å². The van der Waals surface area contributed by atoms with Crippen LogP contribution in [0.3, 0.4) is 0 Å². The fourth-order valence-electron chi connectivity index (χ4n) is 2.57. The minimum atomic E-state index is -0.0276. The second-order valence-electron chi connectivity index (χ2n) is 5.57. The SMILES string of the molecule is CC(C)CCC(O)C1CCCC(C)C1. The van der Waals surface area contributed by atoms with Crippen LogP contribution in [0.25, 0.3) is 0 Å². The molecular weight excluding hydrogens is 172 g/mol.